The number of nitrogens with zero attached hydrogens (tertiary/aromatic N) is 1. The first kappa shape index (κ1) is 14.9. The Balaban J connectivity index is 1.78. The number of benzene rings is 1. The number of ether oxygens (including phenoxy) is 1. The second-order valence-electron chi connectivity index (χ2n) is 5.85. The number of rotatable bonds is 5. The minimum absolute atomic E-state index is 0.356. The van der Waals surface area contributed by atoms with Crippen molar-refractivity contribution in [3.05, 3.63) is 29.3 Å². The molecule has 1 N–H and O–H groups in total. The molecule has 3 nitrogen and oxygen atoms in total. The van der Waals surface area contributed by atoms with E-state index < -0.39 is 6.10 Å². The van der Waals surface area contributed by atoms with Gasteiger partial charge in [0.2, 0.25) is 0 Å². The van der Waals surface area contributed by atoms with Crippen LogP contribution in [0.1, 0.15) is 44.0 Å². The van der Waals surface area contributed by atoms with Gasteiger partial charge in [-0.25, -0.2) is 4.98 Å². The highest BCUT2D eigenvalue weighted by Crippen LogP contribution is 2.36. The summed E-state index contributed by atoms with van der Waals surface area (Å²) < 4.78 is 7.19. The van der Waals surface area contributed by atoms with Gasteiger partial charge < -0.3 is 9.84 Å². The summed E-state index contributed by atoms with van der Waals surface area (Å²) in [5.74, 6) is 0. The van der Waals surface area contributed by atoms with E-state index >= 15 is 0 Å². The second-order valence-corrected chi connectivity index (χ2v) is 6.97. The fraction of sp³-hybridized carbons (Fsp3) is 0.588. The number of aliphatic hydroxyl groups is 1. The molecule has 0 radical (unpaired) electrons. The van der Waals surface area contributed by atoms with Crippen molar-refractivity contribution in [2.45, 2.75) is 57.2 Å². The summed E-state index contributed by atoms with van der Waals surface area (Å²) in [6, 6.07) is 8.15. The van der Waals surface area contributed by atoms with Crippen LogP contribution >= 0.6 is 11.3 Å². The average molecular weight is 305 g/mol. The highest BCUT2D eigenvalue weighted by Gasteiger charge is 2.40. The van der Waals surface area contributed by atoms with E-state index in [4.69, 9.17) is 4.74 Å². The zero-order valence-corrected chi connectivity index (χ0v) is 13.4. The minimum Gasteiger partial charge on any atom is -0.390 e. The lowest BCUT2D eigenvalue weighted by Crippen LogP contribution is -2.47. The van der Waals surface area contributed by atoms with E-state index in [0.29, 0.717) is 13.0 Å². The van der Waals surface area contributed by atoms with Gasteiger partial charge in [0.15, 0.2) is 0 Å². The van der Waals surface area contributed by atoms with Gasteiger partial charge in [-0.3, -0.25) is 0 Å². The summed E-state index contributed by atoms with van der Waals surface area (Å²) in [6.45, 7) is 2.68. The lowest BCUT2D eigenvalue weighted by molar-refractivity contribution is -0.138. The molecule has 21 heavy (non-hydrogen) atoms. The average Bonchev–Trinajstić information content (AvgIpc) is 2.90. The molecule has 1 aromatic heterocycles. The summed E-state index contributed by atoms with van der Waals surface area (Å²) >= 11 is 1.68. The van der Waals surface area contributed by atoms with Crippen molar-refractivity contribution in [3.8, 4) is 0 Å². The van der Waals surface area contributed by atoms with Crippen LogP contribution in [0, 0.1) is 0 Å². The topological polar surface area (TPSA) is 42.4 Å². The Kier molecular flexibility index (Phi) is 4.57. The summed E-state index contributed by atoms with van der Waals surface area (Å²) in [5, 5.41) is 11.8. The summed E-state index contributed by atoms with van der Waals surface area (Å²) in [7, 11) is 0. The molecule has 0 bridgehead atoms. The number of thiazole rings is 1. The number of hydrogen-bond acceptors (Lipinski definition) is 4. The lowest BCUT2D eigenvalue weighted by atomic mass is 9.79. The van der Waals surface area contributed by atoms with Crippen LogP contribution in [0.5, 0.6) is 0 Å². The van der Waals surface area contributed by atoms with Gasteiger partial charge in [0, 0.05) is 13.0 Å². The van der Waals surface area contributed by atoms with Crippen molar-refractivity contribution in [1.29, 1.82) is 0 Å². The van der Waals surface area contributed by atoms with Crippen molar-refractivity contribution in [2.75, 3.05) is 6.61 Å². The molecular formula is C17H23NO2S. The predicted octanol–water partition coefficient (Wildman–Crippen LogP) is 3.94. The molecular weight excluding hydrogens is 282 g/mol. The van der Waals surface area contributed by atoms with E-state index in [1.807, 2.05) is 25.1 Å². The van der Waals surface area contributed by atoms with Crippen molar-refractivity contribution < 1.29 is 9.84 Å². The molecule has 2 aromatic rings. The normalized spacial score (nSPS) is 19.7. The lowest BCUT2D eigenvalue weighted by Gasteiger charge is -2.40. The van der Waals surface area contributed by atoms with Crippen molar-refractivity contribution in [3.63, 3.8) is 0 Å². The first-order valence-electron chi connectivity index (χ1n) is 7.90. The Bertz CT molecular complexity index is 551. The highest BCUT2D eigenvalue weighted by molar-refractivity contribution is 7.18. The zero-order chi connectivity index (χ0) is 14.7. The third-order valence-corrected chi connectivity index (χ3v) is 5.50. The Morgan fingerprint density at radius 3 is 2.76 bits per heavy atom. The largest absolute Gasteiger partial charge is 0.390 e. The molecule has 1 saturated carbocycles. The molecule has 0 amide bonds. The van der Waals surface area contributed by atoms with E-state index in [1.54, 1.807) is 11.3 Å². The first-order valence-corrected chi connectivity index (χ1v) is 8.71. The number of aromatic nitrogens is 1. The standard InChI is InChI=1S/C17H23NO2S/c1-2-20-17(10-6-3-7-11-17)15(19)12-16-18-13-8-4-5-9-14(13)21-16/h4-5,8-9,15,19H,2-3,6-7,10-12H2,1H3. The molecule has 0 aliphatic heterocycles. The van der Waals surface area contributed by atoms with Crippen LogP contribution in [0.15, 0.2) is 24.3 Å². The van der Waals surface area contributed by atoms with Crippen molar-refractivity contribution >= 4 is 21.6 Å². The monoisotopic (exact) mass is 305 g/mol. The minimum atomic E-state index is -0.460. The molecule has 0 spiro atoms. The van der Waals surface area contributed by atoms with E-state index in [1.165, 1.54) is 11.1 Å². The van der Waals surface area contributed by atoms with Crippen molar-refractivity contribution in [1.82, 2.24) is 4.98 Å². The number of hydrogen-bond donors (Lipinski definition) is 1. The van der Waals surface area contributed by atoms with Gasteiger partial charge in [-0.1, -0.05) is 31.4 Å². The SMILES string of the molecule is CCOC1(C(O)Cc2nc3ccccc3s2)CCCCC1. The third kappa shape index (κ3) is 3.12. The molecule has 4 heteroatoms. The van der Waals surface area contributed by atoms with Gasteiger partial charge in [0.05, 0.1) is 26.9 Å². The Labute approximate surface area is 130 Å². The van der Waals surface area contributed by atoms with Crippen molar-refractivity contribution in [2.24, 2.45) is 0 Å². The number of aliphatic hydroxyl groups excluding tert-OH is 1. The maximum Gasteiger partial charge on any atom is 0.0965 e. The smallest absolute Gasteiger partial charge is 0.0965 e. The van der Waals surface area contributed by atoms with Crippen LogP contribution in [0.25, 0.3) is 10.2 Å². The second kappa shape index (κ2) is 6.42. The van der Waals surface area contributed by atoms with E-state index in [0.717, 1.165) is 36.2 Å². The van der Waals surface area contributed by atoms with Crippen LogP contribution in [-0.2, 0) is 11.2 Å². The molecule has 1 unspecified atom stereocenters. The van der Waals surface area contributed by atoms with E-state index in [9.17, 15) is 5.11 Å². The molecule has 0 saturated heterocycles. The fourth-order valence-electron chi connectivity index (χ4n) is 3.37. The zero-order valence-electron chi connectivity index (χ0n) is 12.5. The van der Waals surface area contributed by atoms with Crippen LogP contribution in [-0.4, -0.2) is 28.4 Å². The van der Waals surface area contributed by atoms with Gasteiger partial charge >= 0.3 is 0 Å². The molecule has 1 aliphatic rings. The van der Waals surface area contributed by atoms with E-state index in [-0.39, 0.29) is 5.60 Å². The first-order chi connectivity index (χ1) is 10.2. The molecule has 1 aliphatic carbocycles. The molecule has 1 aromatic carbocycles. The van der Waals surface area contributed by atoms with Crippen LogP contribution in [0.3, 0.4) is 0 Å². The fourth-order valence-corrected chi connectivity index (χ4v) is 4.37. The summed E-state index contributed by atoms with van der Waals surface area (Å²) in [5.41, 5.74) is 0.670. The Morgan fingerprint density at radius 1 is 1.29 bits per heavy atom. The molecule has 1 atom stereocenters. The predicted molar refractivity (Wildman–Crippen MR) is 86.8 cm³/mol. The van der Waals surface area contributed by atoms with Gasteiger partial charge in [0.1, 0.15) is 0 Å². The van der Waals surface area contributed by atoms with Gasteiger partial charge in [-0.15, -0.1) is 11.3 Å². The summed E-state index contributed by atoms with van der Waals surface area (Å²) in [6.07, 6.45) is 5.62. The van der Waals surface area contributed by atoms with Crippen LogP contribution in [0.4, 0.5) is 0 Å². The summed E-state index contributed by atoms with van der Waals surface area (Å²) in [4.78, 5) is 4.64. The maximum absolute atomic E-state index is 10.8. The molecule has 1 heterocycles. The highest BCUT2D eigenvalue weighted by atomic mass is 32.1. The van der Waals surface area contributed by atoms with E-state index in [2.05, 4.69) is 11.1 Å². The van der Waals surface area contributed by atoms with Gasteiger partial charge in [0.25, 0.3) is 0 Å². The third-order valence-electron chi connectivity index (χ3n) is 4.45. The van der Waals surface area contributed by atoms with Gasteiger partial charge in [-0.2, -0.15) is 0 Å². The molecule has 114 valence electrons. The molecule has 1 fully saturated rings. The van der Waals surface area contributed by atoms with Gasteiger partial charge in [-0.05, 0) is 31.9 Å². The van der Waals surface area contributed by atoms with Crippen LogP contribution in [0.2, 0.25) is 0 Å². The van der Waals surface area contributed by atoms with Crippen LogP contribution < -0.4 is 0 Å². The Hall–Kier alpha value is -0.970. The quantitative estimate of drug-likeness (QED) is 0.910. The number of para-hydroxylation sites is 1. The number of fused-ring (bicyclic) bond motifs is 1. The molecule has 3 rings (SSSR count). The Morgan fingerprint density at radius 2 is 2.05 bits per heavy atom. The maximum atomic E-state index is 10.8.